The lowest BCUT2D eigenvalue weighted by Gasteiger charge is -2.46. The Morgan fingerprint density at radius 2 is 1.88 bits per heavy atom. The van der Waals surface area contributed by atoms with Crippen LogP contribution in [0.5, 0.6) is 0 Å². The lowest BCUT2D eigenvalue weighted by atomic mass is 9.99. The molecule has 2 amide bonds. The maximum atomic E-state index is 14.1. The van der Waals surface area contributed by atoms with E-state index >= 15 is 0 Å². The first-order valence-corrected chi connectivity index (χ1v) is 16.1. The average Bonchev–Trinajstić information content (AvgIpc) is 3.57. The van der Waals surface area contributed by atoms with E-state index in [1.807, 2.05) is 45.0 Å². The number of unbranched alkanes of at least 4 members (excludes halogenated alkanes) is 1. The van der Waals surface area contributed by atoms with Crippen molar-refractivity contribution in [2.45, 2.75) is 77.1 Å². The minimum Gasteiger partial charge on any atom is -0.460 e. The zero-order valence-corrected chi connectivity index (χ0v) is 27.1. The Bertz CT molecular complexity index is 1790. The third-order valence-electron chi connectivity index (χ3n) is 8.37. The number of aromatic nitrogens is 2. The van der Waals surface area contributed by atoms with E-state index in [9.17, 15) is 22.8 Å². The summed E-state index contributed by atoms with van der Waals surface area (Å²) in [7, 11) is 0. The van der Waals surface area contributed by atoms with E-state index in [1.165, 1.54) is 12.5 Å². The Labute approximate surface area is 277 Å². The molecule has 2 aromatic carbocycles. The molecule has 252 valence electrons. The Morgan fingerprint density at radius 3 is 2.62 bits per heavy atom. The predicted octanol–water partition coefficient (Wildman–Crippen LogP) is 8.50. The van der Waals surface area contributed by atoms with Gasteiger partial charge in [0.2, 0.25) is 0 Å². The first kappa shape index (κ1) is 33.0. The lowest BCUT2D eigenvalue weighted by molar-refractivity contribution is -0.155. The molecule has 1 fully saturated rings. The van der Waals surface area contributed by atoms with Crippen LogP contribution in [0.3, 0.4) is 0 Å². The number of halogens is 3. The van der Waals surface area contributed by atoms with E-state index in [-0.39, 0.29) is 18.0 Å². The molecule has 0 spiro atoms. The molecule has 1 atom stereocenters. The van der Waals surface area contributed by atoms with Gasteiger partial charge in [0, 0.05) is 36.3 Å². The number of rotatable bonds is 8. The molecule has 6 rings (SSSR count). The molecule has 4 heterocycles. The predicted molar refractivity (Wildman–Crippen MR) is 177 cm³/mol. The van der Waals surface area contributed by atoms with E-state index in [1.54, 1.807) is 23.2 Å². The maximum absolute atomic E-state index is 14.1. The number of esters is 1. The van der Waals surface area contributed by atoms with Gasteiger partial charge in [0.05, 0.1) is 29.2 Å². The van der Waals surface area contributed by atoms with Gasteiger partial charge in [-0.15, -0.1) is 0 Å². The molecule has 2 aliphatic heterocycles. The van der Waals surface area contributed by atoms with Gasteiger partial charge >= 0.3 is 18.2 Å². The number of nitrogens with zero attached hydrogens (tertiary/aromatic N) is 4. The van der Waals surface area contributed by atoms with Gasteiger partial charge in [-0.25, -0.2) is 14.8 Å². The van der Waals surface area contributed by atoms with Gasteiger partial charge in [-0.05, 0) is 101 Å². The van der Waals surface area contributed by atoms with Crippen molar-refractivity contribution in [3.63, 3.8) is 0 Å². The summed E-state index contributed by atoms with van der Waals surface area (Å²) in [6, 6.07) is 13.7. The molecule has 0 saturated carbocycles. The van der Waals surface area contributed by atoms with Crippen molar-refractivity contribution in [2.24, 2.45) is 0 Å². The fraction of sp³-hybridized carbons (Fsp3) is 0.389. The van der Waals surface area contributed by atoms with Gasteiger partial charge in [-0.1, -0.05) is 12.1 Å². The lowest BCUT2D eigenvalue weighted by Crippen LogP contribution is -2.56. The van der Waals surface area contributed by atoms with Crippen LogP contribution in [-0.2, 0) is 22.1 Å². The van der Waals surface area contributed by atoms with Gasteiger partial charge < -0.3 is 19.4 Å². The summed E-state index contributed by atoms with van der Waals surface area (Å²) in [6.07, 6.45) is 2.44. The van der Waals surface area contributed by atoms with Crippen molar-refractivity contribution >= 4 is 29.2 Å². The highest BCUT2D eigenvalue weighted by Gasteiger charge is 2.38. The number of carbonyl (C=O) groups is 2. The molecule has 2 aliphatic rings. The molecule has 9 nitrogen and oxygen atoms in total. The van der Waals surface area contributed by atoms with Crippen LogP contribution < -0.4 is 15.1 Å². The molecule has 12 heteroatoms. The summed E-state index contributed by atoms with van der Waals surface area (Å²) >= 11 is 0. The number of carbonyl (C=O) groups excluding carboxylic acids is 2. The molecule has 1 N–H and O–H groups in total. The Morgan fingerprint density at radius 1 is 1.04 bits per heavy atom. The fourth-order valence-electron chi connectivity index (χ4n) is 6.28. The topological polar surface area (TPSA) is 101 Å². The zero-order chi connectivity index (χ0) is 34.1. The van der Waals surface area contributed by atoms with Crippen molar-refractivity contribution in [2.75, 3.05) is 28.2 Å². The van der Waals surface area contributed by atoms with E-state index in [0.717, 1.165) is 54.8 Å². The van der Waals surface area contributed by atoms with Crippen molar-refractivity contribution in [1.82, 2.24) is 9.97 Å². The van der Waals surface area contributed by atoms with Crippen molar-refractivity contribution in [3.05, 3.63) is 78.3 Å². The number of aryl methyl sites for hydroxylation is 1. The van der Waals surface area contributed by atoms with Crippen LogP contribution >= 0.6 is 0 Å². The Kier molecular flexibility index (Phi) is 9.18. The number of benzene rings is 2. The van der Waals surface area contributed by atoms with Gasteiger partial charge in [-0.3, -0.25) is 9.69 Å². The van der Waals surface area contributed by atoms with Crippen LogP contribution in [0.2, 0.25) is 0 Å². The van der Waals surface area contributed by atoms with E-state index < -0.39 is 17.3 Å². The Hall–Kier alpha value is -4.87. The number of hydrogen-bond donors (Lipinski definition) is 1. The molecule has 0 radical (unpaired) electrons. The highest BCUT2D eigenvalue weighted by Crippen LogP contribution is 2.40. The monoisotopic (exact) mass is 661 g/mol. The summed E-state index contributed by atoms with van der Waals surface area (Å²) in [5.74, 6) is 0.714. The summed E-state index contributed by atoms with van der Waals surface area (Å²) in [6.45, 7) is 6.96. The second-order valence-corrected chi connectivity index (χ2v) is 13.2. The molecule has 2 aromatic heterocycles. The fourth-order valence-corrected chi connectivity index (χ4v) is 6.28. The third kappa shape index (κ3) is 7.64. The third-order valence-corrected chi connectivity index (χ3v) is 8.37. The second kappa shape index (κ2) is 13.3. The number of oxazole rings is 1. The number of piperidine rings is 1. The van der Waals surface area contributed by atoms with Crippen LogP contribution in [0.15, 0.2) is 71.6 Å². The van der Waals surface area contributed by atoms with Crippen molar-refractivity contribution < 1.29 is 31.9 Å². The number of pyridine rings is 1. The largest absolute Gasteiger partial charge is 0.460 e. The van der Waals surface area contributed by atoms with Crippen LogP contribution in [0.1, 0.15) is 64.0 Å². The molecule has 48 heavy (non-hydrogen) atoms. The number of alkyl halides is 3. The minimum absolute atomic E-state index is 0.166. The van der Waals surface area contributed by atoms with Crippen molar-refractivity contribution in [3.8, 4) is 22.6 Å². The normalized spacial score (nSPS) is 16.0. The molecule has 0 unspecified atom stereocenters. The molecule has 4 aromatic rings. The van der Waals surface area contributed by atoms with Crippen LogP contribution in [0.25, 0.3) is 22.6 Å². The number of anilines is 3. The summed E-state index contributed by atoms with van der Waals surface area (Å²) < 4.78 is 51.4. The van der Waals surface area contributed by atoms with Gasteiger partial charge in [0.1, 0.15) is 5.60 Å². The molecular weight excluding hydrogens is 623 g/mol. The first-order chi connectivity index (χ1) is 22.8. The summed E-state index contributed by atoms with van der Waals surface area (Å²) in [4.78, 5) is 39.0. The standard InChI is InChI=1S/C36H38F3N5O4/c1-35(2,3)48-32(45)12-5-4-8-23-16-25(31-20-40-22-47-31)19-27(17-23)41-34(46)44-28-11-7-15-43(21-28)30-14-13-29(42-33(30)44)24-9-6-10-26(18-24)36(37,38)39/h6,9-10,13-14,16-20,22,28H,4-5,7-8,11-12,15,21H2,1-3H3,(H,41,46)/t28-/m0/s1. The summed E-state index contributed by atoms with van der Waals surface area (Å²) in [5.41, 5.74) is 2.35. The quantitative estimate of drug-likeness (QED) is 0.149. The smallest absolute Gasteiger partial charge is 0.416 e. The number of ether oxygens (including phenoxy) is 1. The second-order valence-electron chi connectivity index (χ2n) is 13.2. The molecule has 1 saturated heterocycles. The number of urea groups is 1. The van der Waals surface area contributed by atoms with Crippen molar-refractivity contribution in [1.29, 1.82) is 0 Å². The SMILES string of the molecule is CC(C)(C)OC(=O)CCCCc1cc(NC(=O)N2c3nc(-c4cccc(C(F)(F)F)c4)ccc3N3CCC[C@H]2C3)cc(-c2cnco2)c1. The Balaban J connectivity index is 1.26. The van der Waals surface area contributed by atoms with Gasteiger partial charge in [-0.2, -0.15) is 13.2 Å². The number of nitrogens with one attached hydrogen (secondary N) is 1. The maximum Gasteiger partial charge on any atom is 0.416 e. The molecular formula is C36H38F3N5O4. The van der Waals surface area contributed by atoms with E-state index in [2.05, 4.69) is 15.2 Å². The van der Waals surface area contributed by atoms with E-state index in [0.29, 0.717) is 54.3 Å². The summed E-state index contributed by atoms with van der Waals surface area (Å²) in [5, 5.41) is 3.06. The first-order valence-electron chi connectivity index (χ1n) is 16.1. The van der Waals surface area contributed by atoms with Crippen LogP contribution in [0, 0.1) is 0 Å². The van der Waals surface area contributed by atoms with Gasteiger partial charge in [0.15, 0.2) is 18.0 Å². The highest BCUT2D eigenvalue weighted by molar-refractivity contribution is 6.05. The van der Waals surface area contributed by atoms with Crippen LogP contribution in [-0.4, -0.2) is 46.7 Å². The average molecular weight is 662 g/mol. The zero-order valence-electron chi connectivity index (χ0n) is 27.1. The van der Waals surface area contributed by atoms with Gasteiger partial charge in [0.25, 0.3) is 0 Å². The highest BCUT2D eigenvalue weighted by atomic mass is 19.4. The van der Waals surface area contributed by atoms with E-state index in [4.69, 9.17) is 14.1 Å². The number of fused-ring (bicyclic) bond motifs is 4. The van der Waals surface area contributed by atoms with Crippen LogP contribution in [0.4, 0.5) is 35.2 Å². The molecule has 0 aliphatic carbocycles. The molecule has 2 bridgehead atoms. The number of hydrogen-bond acceptors (Lipinski definition) is 7. The minimum atomic E-state index is -4.49. The number of amides is 2.